The van der Waals surface area contributed by atoms with Crippen LogP contribution in [0.3, 0.4) is 0 Å². The molecule has 1 aromatic heterocycles. The standard InChI is InChI=1S/C12H20N2S/c1-2-14-6-3-4-10(8-13)12(14)11-5-7-15-9-11/h5,7,9-10,12H,2-4,6,8,13H2,1H3. The Morgan fingerprint density at radius 2 is 2.47 bits per heavy atom. The summed E-state index contributed by atoms with van der Waals surface area (Å²) in [6.45, 7) is 5.43. The fourth-order valence-electron chi connectivity index (χ4n) is 2.68. The van der Waals surface area contributed by atoms with Gasteiger partial charge >= 0.3 is 0 Å². The number of nitrogens with zero attached hydrogens (tertiary/aromatic N) is 1. The second kappa shape index (κ2) is 5.10. The van der Waals surface area contributed by atoms with Crippen molar-refractivity contribution in [1.29, 1.82) is 0 Å². The van der Waals surface area contributed by atoms with Crippen LogP contribution in [0.5, 0.6) is 0 Å². The van der Waals surface area contributed by atoms with E-state index in [0.717, 1.165) is 13.1 Å². The lowest BCUT2D eigenvalue weighted by Gasteiger charge is -2.40. The van der Waals surface area contributed by atoms with Crippen molar-refractivity contribution < 1.29 is 0 Å². The van der Waals surface area contributed by atoms with Crippen molar-refractivity contribution in [3.05, 3.63) is 22.4 Å². The maximum atomic E-state index is 5.89. The van der Waals surface area contributed by atoms with Crippen LogP contribution in [0.2, 0.25) is 0 Å². The average molecular weight is 224 g/mol. The number of rotatable bonds is 3. The van der Waals surface area contributed by atoms with Gasteiger partial charge in [0.15, 0.2) is 0 Å². The average Bonchev–Trinajstić information content (AvgIpc) is 2.81. The molecule has 2 heterocycles. The van der Waals surface area contributed by atoms with Gasteiger partial charge in [-0.3, -0.25) is 4.90 Å². The van der Waals surface area contributed by atoms with Gasteiger partial charge in [-0.1, -0.05) is 6.92 Å². The molecule has 3 heteroatoms. The topological polar surface area (TPSA) is 29.3 Å². The van der Waals surface area contributed by atoms with E-state index >= 15 is 0 Å². The van der Waals surface area contributed by atoms with Gasteiger partial charge in [0, 0.05) is 6.04 Å². The highest BCUT2D eigenvalue weighted by molar-refractivity contribution is 7.07. The third kappa shape index (κ3) is 2.25. The summed E-state index contributed by atoms with van der Waals surface area (Å²) in [4.78, 5) is 2.57. The predicted molar refractivity (Wildman–Crippen MR) is 66.1 cm³/mol. The lowest BCUT2D eigenvalue weighted by atomic mass is 9.86. The molecular weight excluding hydrogens is 204 g/mol. The molecule has 15 heavy (non-hydrogen) atoms. The molecule has 2 N–H and O–H groups in total. The quantitative estimate of drug-likeness (QED) is 0.854. The Labute approximate surface area is 96.1 Å². The molecule has 2 atom stereocenters. The molecule has 1 fully saturated rings. The number of thiophene rings is 1. The summed E-state index contributed by atoms with van der Waals surface area (Å²) in [5, 5.41) is 4.45. The first kappa shape index (κ1) is 11.1. The van der Waals surface area contributed by atoms with Crippen LogP contribution in [0, 0.1) is 5.92 Å². The summed E-state index contributed by atoms with van der Waals surface area (Å²) in [5.41, 5.74) is 7.36. The van der Waals surface area contributed by atoms with Gasteiger partial charge in [0.2, 0.25) is 0 Å². The maximum absolute atomic E-state index is 5.89. The third-order valence-corrected chi connectivity index (χ3v) is 4.16. The minimum absolute atomic E-state index is 0.569. The molecule has 1 aliphatic heterocycles. The van der Waals surface area contributed by atoms with Gasteiger partial charge < -0.3 is 5.73 Å². The number of hydrogen-bond acceptors (Lipinski definition) is 3. The second-order valence-corrected chi connectivity index (χ2v) is 5.05. The zero-order chi connectivity index (χ0) is 10.7. The van der Waals surface area contributed by atoms with Gasteiger partial charge in [-0.15, -0.1) is 0 Å². The van der Waals surface area contributed by atoms with Crippen LogP contribution in [-0.4, -0.2) is 24.5 Å². The minimum Gasteiger partial charge on any atom is -0.330 e. The van der Waals surface area contributed by atoms with Crippen LogP contribution >= 0.6 is 11.3 Å². The first-order chi connectivity index (χ1) is 7.36. The summed E-state index contributed by atoms with van der Waals surface area (Å²) in [6, 6.07) is 2.83. The lowest BCUT2D eigenvalue weighted by molar-refractivity contribution is 0.102. The Balaban J connectivity index is 2.20. The van der Waals surface area contributed by atoms with Gasteiger partial charge in [0.05, 0.1) is 0 Å². The molecule has 84 valence electrons. The van der Waals surface area contributed by atoms with Crippen molar-refractivity contribution in [3.8, 4) is 0 Å². The normalized spacial score (nSPS) is 28.1. The lowest BCUT2D eigenvalue weighted by Crippen LogP contribution is -2.41. The molecule has 0 saturated carbocycles. The molecule has 2 nitrogen and oxygen atoms in total. The molecule has 0 spiro atoms. The van der Waals surface area contributed by atoms with E-state index in [9.17, 15) is 0 Å². The van der Waals surface area contributed by atoms with Crippen molar-refractivity contribution >= 4 is 11.3 Å². The molecular formula is C12H20N2S. The molecule has 2 rings (SSSR count). The summed E-state index contributed by atoms with van der Waals surface area (Å²) < 4.78 is 0. The summed E-state index contributed by atoms with van der Waals surface area (Å²) >= 11 is 1.79. The monoisotopic (exact) mass is 224 g/mol. The number of hydrogen-bond donors (Lipinski definition) is 1. The van der Waals surface area contributed by atoms with Gasteiger partial charge in [-0.05, 0) is 60.8 Å². The first-order valence-electron chi connectivity index (χ1n) is 5.83. The van der Waals surface area contributed by atoms with Crippen molar-refractivity contribution in [2.75, 3.05) is 19.6 Å². The molecule has 0 aliphatic carbocycles. The fraction of sp³-hybridized carbons (Fsp3) is 0.667. The number of nitrogens with two attached hydrogens (primary N) is 1. The van der Waals surface area contributed by atoms with Gasteiger partial charge in [0.25, 0.3) is 0 Å². The van der Waals surface area contributed by atoms with E-state index in [-0.39, 0.29) is 0 Å². The zero-order valence-electron chi connectivity index (χ0n) is 9.36. The highest BCUT2D eigenvalue weighted by atomic mass is 32.1. The Morgan fingerprint density at radius 1 is 1.60 bits per heavy atom. The Bertz CT molecular complexity index is 272. The highest BCUT2D eigenvalue weighted by Crippen LogP contribution is 2.35. The van der Waals surface area contributed by atoms with Crippen LogP contribution in [0.1, 0.15) is 31.4 Å². The first-order valence-corrected chi connectivity index (χ1v) is 6.77. The number of likely N-dealkylation sites (tertiary alicyclic amines) is 1. The van der Waals surface area contributed by atoms with E-state index in [1.807, 2.05) is 0 Å². The van der Waals surface area contributed by atoms with Crippen LogP contribution in [-0.2, 0) is 0 Å². The molecule has 0 radical (unpaired) electrons. The highest BCUT2D eigenvalue weighted by Gasteiger charge is 2.30. The zero-order valence-corrected chi connectivity index (χ0v) is 10.2. The van der Waals surface area contributed by atoms with E-state index in [2.05, 4.69) is 28.7 Å². The molecule has 0 amide bonds. The molecule has 1 aliphatic rings. The smallest absolute Gasteiger partial charge is 0.0396 e. The Hall–Kier alpha value is -0.380. The van der Waals surface area contributed by atoms with Gasteiger partial charge in [0.1, 0.15) is 0 Å². The SMILES string of the molecule is CCN1CCCC(CN)C1c1ccsc1. The summed E-state index contributed by atoms with van der Waals surface area (Å²) in [7, 11) is 0. The Morgan fingerprint density at radius 3 is 3.07 bits per heavy atom. The van der Waals surface area contributed by atoms with Crippen molar-refractivity contribution in [1.82, 2.24) is 4.90 Å². The summed E-state index contributed by atoms with van der Waals surface area (Å²) in [6.07, 6.45) is 2.59. The van der Waals surface area contributed by atoms with Crippen LogP contribution in [0.15, 0.2) is 16.8 Å². The molecule has 0 bridgehead atoms. The Kier molecular flexibility index (Phi) is 3.78. The van der Waals surface area contributed by atoms with Gasteiger partial charge in [-0.2, -0.15) is 11.3 Å². The summed E-state index contributed by atoms with van der Waals surface area (Å²) in [5.74, 6) is 0.647. The van der Waals surface area contributed by atoms with E-state index in [4.69, 9.17) is 5.73 Å². The van der Waals surface area contributed by atoms with Crippen LogP contribution in [0.4, 0.5) is 0 Å². The predicted octanol–water partition coefficient (Wildman–Crippen LogP) is 2.48. The fourth-order valence-corrected chi connectivity index (χ4v) is 3.37. The van der Waals surface area contributed by atoms with Crippen LogP contribution < -0.4 is 5.73 Å². The van der Waals surface area contributed by atoms with Crippen molar-refractivity contribution in [3.63, 3.8) is 0 Å². The molecule has 0 aromatic carbocycles. The third-order valence-electron chi connectivity index (χ3n) is 3.45. The molecule has 1 saturated heterocycles. The largest absolute Gasteiger partial charge is 0.330 e. The molecule has 1 aromatic rings. The van der Waals surface area contributed by atoms with E-state index in [1.54, 1.807) is 11.3 Å². The van der Waals surface area contributed by atoms with E-state index < -0.39 is 0 Å². The van der Waals surface area contributed by atoms with E-state index in [0.29, 0.717) is 12.0 Å². The van der Waals surface area contributed by atoms with Crippen molar-refractivity contribution in [2.24, 2.45) is 11.7 Å². The number of piperidine rings is 1. The molecule has 2 unspecified atom stereocenters. The maximum Gasteiger partial charge on any atom is 0.0396 e. The van der Waals surface area contributed by atoms with Gasteiger partial charge in [-0.25, -0.2) is 0 Å². The van der Waals surface area contributed by atoms with Crippen molar-refractivity contribution in [2.45, 2.75) is 25.8 Å². The second-order valence-electron chi connectivity index (χ2n) is 4.27. The minimum atomic E-state index is 0.569. The van der Waals surface area contributed by atoms with Crippen LogP contribution in [0.25, 0.3) is 0 Å². The van der Waals surface area contributed by atoms with E-state index in [1.165, 1.54) is 24.9 Å².